The Balaban J connectivity index is 1.89. The first-order valence-corrected chi connectivity index (χ1v) is 8.71. The van der Waals surface area contributed by atoms with Gasteiger partial charge in [-0.3, -0.25) is 0 Å². The molecule has 2 aromatic carbocycles. The summed E-state index contributed by atoms with van der Waals surface area (Å²) in [6.45, 7) is 3.34. The molecule has 2 rings (SSSR count). The first-order chi connectivity index (χ1) is 13.7. The van der Waals surface area contributed by atoms with Crippen LogP contribution in [0.5, 0.6) is 17.2 Å². The van der Waals surface area contributed by atoms with Crippen LogP contribution in [0, 0.1) is 0 Å². The quantitative estimate of drug-likeness (QED) is 0.333. The van der Waals surface area contributed by atoms with E-state index in [0.29, 0.717) is 11.5 Å². The van der Waals surface area contributed by atoms with Gasteiger partial charge in [0, 0.05) is 13.2 Å². The summed E-state index contributed by atoms with van der Waals surface area (Å²) in [5.74, 6) is 0.708. The van der Waals surface area contributed by atoms with Crippen molar-refractivity contribution < 1.29 is 36.9 Å². The topological polar surface area (TPSA) is 54.0 Å². The highest BCUT2D eigenvalue weighted by Gasteiger charge is 2.30. The second-order valence-corrected chi connectivity index (χ2v) is 6.02. The number of carbonyl (C=O) groups excluding carboxylic acids is 1. The van der Waals surface area contributed by atoms with Crippen molar-refractivity contribution in [2.75, 3.05) is 7.11 Å². The third-order valence-corrected chi connectivity index (χ3v) is 3.68. The maximum atomic E-state index is 12.6. The van der Waals surface area contributed by atoms with E-state index in [1.807, 2.05) is 0 Å². The SMILES string of the molecule is COC(C)OC(=O)/C=C/C(C)Oc1ccc(Oc2ccc(C(F)(F)F)cc2)cc1. The van der Waals surface area contributed by atoms with E-state index in [2.05, 4.69) is 0 Å². The maximum Gasteiger partial charge on any atom is 0.416 e. The fourth-order valence-corrected chi connectivity index (χ4v) is 2.15. The van der Waals surface area contributed by atoms with Gasteiger partial charge >= 0.3 is 12.1 Å². The predicted molar refractivity (Wildman–Crippen MR) is 99.8 cm³/mol. The highest BCUT2D eigenvalue weighted by Crippen LogP contribution is 2.31. The molecule has 0 spiro atoms. The molecule has 0 N–H and O–H groups in total. The Morgan fingerprint density at radius 1 is 0.931 bits per heavy atom. The predicted octanol–water partition coefficient (Wildman–Crippen LogP) is 5.36. The highest BCUT2D eigenvalue weighted by atomic mass is 19.4. The molecule has 0 aliphatic rings. The summed E-state index contributed by atoms with van der Waals surface area (Å²) < 4.78 is 58.6. The van der Waals surface area contributed by atoms with Crippen LogP contribution in [0.25, 0.3) is 0 Å². The number of halogens is 3. The van der Waals surface area contributed by atoms with E-state index in [1.54, 1.807) is 38.1 Å². The Hall–Kier alpha value is -3.00. The van der Waals surface area contributed by atoms with Gasteiger partial charge in [-0.2, -0.15) is 13.2 Å². The summed E-state index contributed by atoms with van der Waals surface area (Å²) in [6, 6.07) is 11.0. The fourth-order valence-electron chi connectivity index (χ4n) is 2.15. The van der Waals surface area contributed by atoms with Crippen LogP contribution < -0.4 is 9.47 Å². The van der Waals surface area contributed by atoms with Crippen LogP contribution in [0.3, 0.4) is 0 Å². The van der Waals surface area contributed by atoms with Crippen molar-refractivity contribution in [2.45, 2.75) is 32.4 Å². The van der Waals surface area contributed by atoms with Crippen LogP contribution in [0.2, 0.25) is 0 Å². The Morgan fingerprint density at radius 3 is 1.97 bits per heavy atom. The molecule has 29 heavy (non-hydrogen) atoms. The maximum absolute atomic E-state index is 12.6. The zero-order chi connectivity index (χ0) is 21.4. The average molecular weight is 410 g/mol. The van der Waals surface area contributed by atoms with E-state index in [-0.39, 0.29) is 5.75 Å². The first-order valence-electron chi connectivity index (χ1n) is 8.71. The first kappa shape index (κ1) is 22.3. The molecule has 2 atom stereocenters. The van der Waals surface area contributed by atoms with Crippen molar-refractivity contribution in [3.63, 3.8) is 0 Å². The van der Waals surface area contributed by atoms with Gasteiger partial charge in [-0.25, -0.2) is 4.79 Å². The Labute approximate surface area is 166 Å². The lowest BCUT2D eigenvalue weighted by atomic mass is 10.2. The number of hydrogen-bond donors (Lipinski definition) is 0. The zero-order valence-electron chi connectivity index (χ0n) is 16.1. The fraction of sp³-hybridized carbons (Fsp3) is 0.286. The third-order valence-electron chi connectivity index (χ3n) is 3.68. The van der Waals surface area contributed by atoms with Gasteiger partial charge in [0.05, 0.1) is 5.56 Å². The van der Waals surface area contributed by atoms with Crippen LogP contribution in [-0.4, -0.2) is 25.5 Å². The van der Waals surface area contributed by atoms with E-state index in [1.165, 1.54) is 31.4 Å². The molecule has 0 aliphatic carbocycles. The van der Waals surface area contributed by atoms with Crippen molar-refractivity contribution >= 4 is 5.97 Å². The summed E-state index contributed by atoms with van der Waals surface area (Å²) in [5, 5.41) is 0. The minimum Gasteiger partial charge on any atom is -0.487 e. The standard InChI is InChI=1S/C21H21F3O5/c1-14(4-13-20(25)28-15(2)26-3)27-17-9-11-19(12-10-17)29-18-7-5-16(6-8-18)21(22,23)24/h4-15H,1-3H3/b13-4+. The molecule has 0 heterocycles. The second kappa shape index (κ2) is 9.97. The summed E-state index contributed by atoms with van der Waals surface area (Å²) in [5.41, 5.74) is -0.740. The van der Waals surface area contributed by atoms with E-state index >= 15 is 0 Å². The van der Waals surface area contributed by atoms with Gasteiger partial charge in [0.15, 0.2) is 6.29 Å². The molecule has 5 nitrogen and oxygen atoms in total. The molecule has 0 saturated carbocycles. The van der Waals surface area contributed by atoms with Crippen molar-refractivity contribution in [3.05, 3.63) is 66.2 Å². The van der Waals surface area contributed by atoms with Gasteiger partial charge in [-0.15, -0.1) is 0 Å². The average Bonchev–Trinajstić information content (AvgIpc) is 2.67. The minimum absolute atomic E-state index is 0.284. The molecule has 156 valence electrons. The zero-order valence-corrected chi connectivity index (χ0v) is 16.1. The number of methoxy groups -OCH3 is 1. The monoisotopic (exact) mass is 410 g/mol. The van der Waals surface area contributed by atoms with Crippen molar-refractivity contribution in [3.8, 4) is 17.2 Å². The molecule has 8 heteroatoms. The summed E-state index contributed by atoms with van der Waals surface area (Å²) >= 11 is 0. The van der Waals surface area contributed by atoms with Gasteiger partial charge in [0.2, 0.25) is 0 Å². The van der Waals surface area contributed by atoms with Crippen molar-refractivity contribution in [1.29, 1.82) is 0 Å². The molecular formula is C21H21F3O5. The molecule has 0 saturated heterocycles. The van der Waals surface area contributed by atoms with Crippen LogP contribution >= 0.6 is 0 Å². The third kappa shape index (κ3) is 7.50. The Kier molecular flexibility index (Phi) is 7.67. The molecular weight excluding hydrogens is 389 g/mol. The molecule has 0 amide bonds. The van der Waals surface area contributed by atoms with E-state index < -0.39 is 30.1 Å². The largest absolute Gasteiger partial charge is 0.487 e. The smallest absolute Gasteiger partial charge is 0.416 e. The normalized spacial score (nSPS) is 13.7. The summed E-state index contributed by atoms with van der Waals surface area (Å²) in [4.78, 5) is 11.5. The number of benzene rings is 2. The van der Waals surface area contributed by atoms with Crippen LogP contribution in [0.4, 0.5) is 13.2 Å². The Bertz CT molecular complexity index is 814. The number of carbonyl (C=O) groups is 1. The van der Waals surface area contributed by atoms with Crippen molar-refractivity contribution in [1.82, 2.24) is 0 Å². The second-order valence-electron chi connectivity index (χ2n) is 6.02. The van der Waals surface area contributed by atoms with Crippen LogP contribution in [0.15, 0.2) is 60.7 Å². The number of alkyl halides is 3. The van der Waals surface area contributed by atoms with Gasteiger partial charge < -0.3 is 18.9 Å². The van der Waals surface area contributed by atoms with Gasteiger partial charge in [-0.05, 0) is 68.5 Å². The number of esters is 1. The van der Waals surface area contributed by atoms with E-state index in [9.17, 15) is 18.0 Å². The van der Waals surface area contributed by atoms with Gasteiger partial charge in [-0.1, -0.05) is 0 Å². The van der Waals surface area contributed by atoms with Gasteiger partial charge in [0.25, 0.3) is 0 Å². The number of rotatable bonds is 8. The molecule has 2 aromatic rings. The van der Waals surface area contributed by atoms with E-state index in [0.717, 1.165) is 12.1 Å². The molecule has 0 aliphatic heterocycles. The van der Waals surface area contributed by atoms with Crippen LogP contribution in [0.1, 0.15) is 19.4 Å². The minimum atomic E-state index is -4.39. The van der Waals surface area contributed by atoms with E-state index in [4.69, 9.17) is 18.9 Å². The van der Waals surface area contributed by atoms with Gasteiger partial charge in [0.1, 0.15) is 23.4 Å². The lowest BCUT2D eigenvalue weighted by Crippen LogP contribution is -2.15. The summed E-state index contributed by atoms with van der Waals surface area (Å²) in [6.07, 6.45) is -2.64. The Morgan fingerprint density at radius 2 is 1.45 bits per heavy atom. The molecule has 0 radical (unpaired) electrons. The number of hydrogen-bond acceptors (Lipinski definition) is 5. The number of ether oxygens (including phenoxy) is 4. The molecule has 0 fully saturated rings. The molecule has 0 aromatic heterocycles. The molecule has 0 bridgehead atoms. The lowest BCUT2D eigenvalue weighted by Gasteiger charge is -2.13. The van der Waals surface area contributed by atoms with Crippen LogP contribution in [-0.2, 0) is 20.4 Å². The molecule has 2 unspecified atom stereocenters. The van der Waals surface area contributed by atoms with Crippen molar-refractivity contribution in [2.24, 2.45) is 0 Å². The highest BCUT2D eigenvalue weighted by molar-refractivity contribution is 5.82. The summed E-state index contributed by atoms with van der Waals surface area (Å²) in [7, 11) is 1.43. The lowest BCUT2D eigenvalue weighted by molar-refractivity contribution is -0.163.